The highest BCUT2D eigenvalue weighted by Gasteiger charge is 2.27. The molecule has 2 aromatic carbocycles. The van der Waals surface area contributed by atoms with E-state index >= 15 is 0 Å². The highest BCUT2D eigenvalue weighted by Crippen LogP contribution is 2.34. The minimum absolute atomic E-state index is 0.359. The second-order valence-corrected chi connectivity index (χ2v) is 6.84. The fourth-order valence-electron chi connectivity index (χ4n) is 3.78. The highest BCUT2D eigenvalue weighted by atomic mass is 16.5. The van der Waals surface area contributed by atoms with Crippen LogP contribution in [-0.2, 0) is 6.54 Å². The Kier molecular flexibility index (Phi) is 5.58. The lowest BCUT2D eigenvalue weighted by Gasteiger charge is -2.23. The van der Waals surface area contributed by atoms with Crippen LogP contribution in [0.3, 0.4) is 0 Å². The molecule has 0 radical (unpaired) electrons. The number of ether oxygens (including phenoxy) is 2. The number of methoxy groups -OCH3 is 1. The van der Waals surface area contributed by atoms with E-state index in [4.69, 9.17) is 14.0 Å². The molecular weight excluding hydrogens is 354 g/mol. The van der Waals surface area contributed by atoms with Gasteiger partial charge in [0.05, 0.1) is 25.8 Å². The van der Waals surface area contributed by atoms with Gasteiger partial charge in [-0.1, -0.05) is 29.4 Å². The maximum Gasteiger partial charge on any atom is 0.241 e. The Balaban J connectivity index is 1.48. The summed E-state index contributed by atoms with van der Waals surface area (Å²) in [6, 6.07) is 16.5. The molecular formula is C22H25N3O3. The average Bonchev–Trinajstić information content (AvgIpc) is 3.39. The van der Waals surface area contributed by atoms with E-state index in [2.05, 4.69) is 27.2 Å². The van der Waals surface area contributed by atoms with Gasteiger partial charge in [-0.15, -0.1) is 0 Å². The molecule has 1 aliphatic rings. The molecule has 1 aromatic heterocycles. The van der Waals surface area contributed by atoms with Crippen LogP contribution >= 0.6 is 0 Å². The van der Waals surface area contributed by atoms with E-state index in [1.54, 1.807) is 7.11 Å². The lowest BCUT2D eigenvalue weighted by molar-refractivity contribution is 0.212. The van der Waals surface area contributed by atoms with E-state index in [0.29, 0.717) is 30.9 Å². The number of aromatic nitrogens is 2. The molecule has 0 N–H and O–H groups in total. The van der Waals surface area contributed by atoms with Crippen LogP contribution in [0, 0.1) is 0 Å². The lowest BCUT2D eigenvalue weighted by Crippen LogP contribution is -2.22. The summed E-state index contributed by atoms with van der Waals surface area (Å²) in [6.07, 6.45) is 2.28. The fraction of sp³-hybridized carbons (Fsp3) is 0.364. The molecule has 1 aliphatic heterocycles. The summed E-state index contributed by atoms with van der Waals surface area (Å²) >= 11 is 0. The highest BCUT2D eigenvalue weighted by molar-refractivity contribution is 5.63. The van der Waals surface area contributed by atoms with Crippen molar-refractivity contribution in [3.8, 4) is 22.9 Å². The summed E-state index contributed by atoms with van der Waals surface area (Å²) in [7, 11) is 1.64. The van der Waals surface area contributed by atoms with Crippen LogP contribution in [0.1, 0.15) is 37.3 Å². The molecule has 2 heterocycles. The predicted octanol–water partition coefficient (Wildman–Crippen LogP) is 4.48. The SMILES string of the molecule is CCOc1ccc([C@@H]2CCCN2Cc2nc(-c3ccccc3OC)no2)cc1. The zero-order valence-electron chi connectivity index (χ0n) is 16.3. The van der Waals surface area contributed by atoms with Gasteiger partial charge in [-0.05, 0) is 56.1 Å². The normalized spacial score (nSPS) is 17.0. The van der Waals surface area contributed by atoms with Crippen molar-refractivity contribution in [2.45, 2.75) is 32.4 Å². The standard InChI is InChI=1S/C22H25N3O3/c1-3-27-17-12-10-16(11-13-17)19-8-6-14-25(19)15-21-23-22(24-28-21)18-7-4-5-9-20(18)26-2/h4-5,7,9-13,19H,3,6,8,14-15H2,1-2H3/t19-/m0/s1. The van der Waals surface area contributed by atoms with E-state index in [0.717, 1.165) is 36.4 Å². The molecule has 0 saturated carbocycles. The molecule has 28 heavy (non-hydrogen) atoms. The molecule has 1 atom stereocenters. The smallest absolute Gasteiger partial charge is 0.241 e. The Morgan fingerprint density at radius 1 is 1.14 bits per heavy atom. The number of likely N-dealkylation sites (tertiary alicyclic amines) is 1. The quantitative estimate of drug-likeness (QED) is 0.603. The molecule has 4 rings (SSSR count). The molecule has 146 valence electrons. The number of hydrogen-bond acceptors (Lipinski definition) is 6. The molecule has 1 saturated heterocycles. The summed E-state index contributed by atoms with van der Waals surface area (Å²) in [5.41, 5.74) is 2.13. The third-order valence-corrected chi connectivity index (χ3v) is 5.09. The zero-order chi connectivity index (χ0) is 19.3. The van der Waals surface area contributed by atoms with Gasteiger partial charge in [0.2, 0.25) is 11.7 Å². The average molecular weight is 379 g/mol. The van der Waals surface area contributed by atoms with E-state index < -0.39 is 0 Å². The molecule has 0 aliphatic carbocycles. The Bertz CT molecular complexity index is 907. The van der Waals surface area contributed by atoms with E-state index in [1.165, 1.54) is 5.56 Å². The first-order valence-electron chi connectivity index (χ1n) is 9.71. The molecule has 6 nitrogen and oxygen atoms in total. The summed E-state index contributed by atoms with van der Waals surface area (Å²) in [5.74, 6) is 2.83. The number of benzene rings is 2. The zero-order valence-corrected chi connectivity index (χ0v) is 16.3. The monoisotopic (exact) mass is 379 g/mol. The topological polar surface area (TPSA) is 60.6 Å². The number of rotatable bonds is 7. The Morgan fingerprint density at radius 3 is 2.75 bits per heavy atom. The van der Waals surface area contributed by atoms with Gasteiger partial charge in [-0.2, -0.15) is 4.98 Å². The van der Waals surface area contributed by atoms with Gasteiger partial charge in [0, 0.05) is 6.04 Å². The van der Waals surface area contributed by atoms with Gasteiger partial charge >= 0.3 is 0 Å². The first-order chi connectivity index (χ1) is 13.8. The van der Waals surface area contributed by atoms with Crippen molar-refractivity contribution in [3.63, 3.8) is 0 Å². The first-order valence-corrected chi connectivity index (χ1v) is 9.71. The van der Waals surface area contributed by atoms with Crippen LogP contribution < -0.4 is 9.47 Å². The van der Waals surface area contributed by atoms with Crippen LogP contribution in [0.4, 0.5) is 0 Å². The molecule has 1 fully saturated rings. The minimum Gasteiger partial charge on any atom is -0.496 e. The van der Waals surface area contributed by atoms with Crippen molar-refractivity contribution < 1.29 is 14.0 Å². The van der Waals surface area contributed by atoms with Crippen molar-refractivity contribution >= 4 is 0 Å². The molecule has 6 heteroatoms. The van der Waals surface area contributed by atoms with Crippen molar-refractivity contribution in [2.24, 2.45) is 0 Å². The van der Waals surface area contributed by atoms with Crippen molar-refractivity contribution in [2.75, 3.05) is 20.3 Å². The minimum atomic E-state index is 0.359. The number of para-hydroxylation sites is 1. The van der Waals surface area contributed by atoms with Gasteiger partial charge in [-0.3, -0.25) is 4.90 Å². The second-order valence-electron chi connectivity index (χ2n) is 6.84. The van der Waals surface area contributed by atoms with Crippen LogP contribution in [0.2, 0.25) is 0 Å². The van der Waals surface area contributed by atoms with Crippen LogP contribution in [0.15, 0.2) is 53.1 Å². The Labute approximate surface area is 165 Å². The number of nitrogens with zero attached hydrogens (tertiary/aromatic N) is 3. The maximum absolute atomic E-state index is 5.55. The van der Waals surface area contributed by atoms with Crippen molar-refractivity contribution in [3.05, 3.63) is 60.0 Å². The molecule has 0 amide bonds. The molecule has 3 aromatic rings. The van der Waals surface area contributed by atoms with E-state index in [9.17, 15) is 0 Å². The van der Waals surface area contributed by atoms with Crippen molar-refractivity contribution in [1.29, 1.82) is 0 Å². The first kappa shape index (κ1) is 18.5. The molecule has 0 bridgehead atoms. The maximum atomic E-state index is 5.55. The lowest BCUT2D eigenvalue weighted by atomic mass is 10.0. The van der Waals surface area contributed by atoms with Gasteiger partial charge in [-0.25, -0.2) is 0 Å². The molecule has 0 spiro atoms. The summed E-state index contributed by atoms with van der Waals surface area (Å²) in [6.45, 7) is 4.33. The van der Waals surface area contributed by atoms with Gasteiger partial charge < -0.3 is 14.0 Å². The predicted molar refractivity (Wildman–Crippen MR) is 106 cm³/mol. The summed E-state index contributed by atoms with van der Waals surface area (Å²) < 4.78 is 16.5. The van der Waals surface area contributed by atoms with Crippen LogP contribution in [-0.4, -0.2) is 35.3 Å². The third-order valence-electron chi connectivity index (χ3n) is 5.09. The van der Waals surface area contributed by atoms with E-state index in [1.807, 2.05) is 43.3 Å². The van der Waals surface area contributed by atoms with Crippen LogP contribution in [0.25, 0.3) is 11.4 Å². The second kappa shape index (κ2) is 8.44. The Hall–Kier alpha value is -2.86. The summed E-state index contributed by atoms with van der Waals surface area (Å²) in [4.78, 5) is 7.00. The van der Waals surface area contributed by atoms with Gasteiger partial charge in [0.25, 0.3) is 0 Å². The fourth-order valence-corrected chi connectivity index (χ4v) is 3.78. The third kappa shape index (κ3) is 3.87. The van der Waals surface area contributed by atoms with Crippen LogP contribution in [0.5, 0.6) is 11.5 Å². The summed E-state index contributed by atoms with van der Waals surface area (Å²) in [5, 5.41) is 4.16. The number of hydrogen-bond donors (Lipinski definition) is 0. The van der Waals surface area contributed by atoms with Gasteiger partial charge in [0.15, 0.2) is 0 Å². The Morgan fingerprint density at radius 2 is 1.96 bits per heavy atom. The van der Waals surface area contributed by atoms with Crippen molar-refractivity contribution in [1.82, 2.24) is 15.0 Å². The largest absolute Gasteiger partial charge is 0.496 e. The van der Waals surface area contributed by atoms with Gasteiger partial charge in [0.1, 0.15) is 11.5 Å². The van der Waals surface area contributed by atoms with E-state index in [-0.39, 0.29) is 0 Å². The molecule has 0 unspecified atom stereocenters.